The molecule has 0 spiro atoms. The lowest BCUT2D eigenvalue weighted by Crippen LogP contribution is -2.31. The number of hydrogen-bond donors (Lipinski definition) is 2. The minimum atomic E-state index is -3.49. The summed E-state index contributed by atoms with van der Waals surface area (Å²) in [7, 11) is 2.12. The van der Waals surface area contributed by atoms with Crippen molar-refractivity contribution in [2.45, 2.75) is 18.4 Å². The molecule has 0 aliphatic heterocycles. The van der Waals surface area contributed by atoms with Crippen LogP contribution in [0.5, 0.6) is 5.75 Å². The molecule has 1 aromatic rings. The van der Waals surface area contributed by atoms with E-state index in [0.29, 0.717) is 32.0 Å². The summed E-state index contributed by atoms with van der Waals surface area (Å²) < 4.78 is 32.6. The highest BCUT2D eigenvalue weighted by Crippen LogP contribution is 2.22. The normalized spacial score (nSPS) is 11.9. The van der Waals surface area contributed by atoms with Crippen LogP contribution in [-0.4, -0.2) is 54.2 Å². The van der Waals surface area contributed by atoms with Crippen molar-refractivity contribution >= 4 is 10.0 Å². The minimum Gasteiger partial charge on any atom is -0.494 e. The van der Waals surface area contributed by atoms with Crippen LogP contribution < -0.4 is 14.8 Å². The summed E-state index contributed by atoms with van der Waals surface area (Å²) in [4.78, 5) is 2.18. The van der Waals surface area contributed by atoms with Gasteiger partial charge in [-0.15, -0.1) is 0 Å². The minimum absolute atomic E-state index is 0.259. The summed E-state index contributed by atoms with van der Waals surface area (Å²) in [5, 5.41) is 3.02. The van der Waals surface area contributed by atoms with E-state index in [2.05, 4.69) is 10.0 Å². The molecule has 0 saturated carbocycles. The van der Waals surface area contributed by atoms with Gasteiger partial charge in [0.25, 0.3) is 0 Å². The molecule has 0 aliphatic rings. The number of benzene rings is 1. The molecular formula is C14H25N3O3S. The van der Waals surface area contributed by atoms with Gasteiger partial charge >= 0.3 is 0 Å². The number of rotatable bonds is 9. The second-order valence-corrected chi connectivity index (χ2v) is 6.70. The highest BCUT2D eigenvalue weighted by atomic mass is 32.2. The van der Waals surface area contributed by atoms with Crippen LogP contribution >= 0.6 is 0 Å². The van der Waals surface area contributed by atoms with E-state index in [9.17, 15) is 8.42 Å². The molecule has 0 aliphatic carbocycles. The summed E-state index contributed by atoms with van der Waals surface area (Å²) in [5.41, 5.74) is 0.829. The first-order valence-electron chi connectivity index (χ1n) is 6.95. The van der Waals surface area contributed by atoms with Crippen molar-refractivity contribution in [2.24, 2.45) is 0 Å². The van der Waals surface area contributed by atoms with Crippen LogP contribution in [0, 0.1) is 0 Å². The lowest BCUT2D eigenvalue weighted by Gasteiger charge is -2.14. The first-order chi connectivity index (χ1) is 9.90. The van der Waals surface area contributed by atoms with E-state index >= 15 is 0 Å². The largest absolute Gasteiger partial charge is 0.494 e. The zero-order chi connectivity index (χ0) is 15.9. The quantitative estimate of drug-likeness (QED) is 0.700. The molecule has 0 radical (unpaired) electrons. The van der Waals surface area contributed by atoms with Gasteiger partial charge in [-0.2, -0.15) is 0 Å². The van der Waals surface area contributed by atoms with E-state index in [1.165, 1.54) is 0 Å². The van der Waals surface area contributed by atoms with Crippen molar-refractivity contribution < 1.29 is 13.2 Å². The average molecular weight is 315 g/mol. The Morgan fingerprint density at radius 2 is 2.00 bits per heavy atom. The average Bonchev–Trinajstić information content (AvgIpc) is 2.40. The van der Waals surface area contributed by atoms with E-state index in [-0.39, 0.29) is 4.90 Å². The SMILES string of the molecule is CCOc1ccc(S(=O)(=O)NCCN(C)C)cc1CNC. The monoisotopic (exact) mass is 315 g/mol. The van der Waals surface area contributed by atoms with E-state index in [4.69, 9.17) is 4.74 Å². The third kappa shape index (κ3) is 5.62. The van der Waals surface area contributed by atoms with Crippen molar-refractivity contribution in [1.82, 2.24) is 14.9 Å². The third-order valence-electron chi connectivity index (χ3n) is 2.86. The Hall–Kier alpha value is -1.15. The van der Waals surface area contributed by atoms with Crippen LogP contribution in [0.15, 0.2) is 23.1 Å². The second-order valence-electron chi connectivity index (χ2n) is 4.93. The molecule has 0 amide bonds. The van der Waals surface area contributed by atoms with Gasteiger partial charge < -0.3 is 15.0 Å². The van der Waals surface area contributed by atoms with Gasteiger partial charge in [0.2, 0.25) is 10.0 Å². The van der Waals surface area contributed by atoms with Gasteiger partial charge in [0.05, 0.1) is 11.5 Å². The predicted molar refractivity (Wildman–Crippen MR) is 84.1 cm³/mol. The molecule has 1 rings (SSSR count). The van der Waals surface area contributed by atoms with Gasteiger partial charge in [0.1, 0.15) is 5.75 Å². The van der Waals surface area contributed by atoms with Gasteiger partial charge in [0.15, 0.2) is 0 Å². The van der Waals surface area contributed by atoms with Crippen LogP contribution in [0.1, 0.15) is 12.5 Å². The first-order valence-corrected chi connectivity index (χ1v) is 8.43. The number of likely N-dealkylation sites (N-methyl/N-ethyl adjacent to an activating group) is 1. The van der Waals surface area contributed by atoms with Crippen LogP contribution in [0.3, 0.4) is 0 Å². The summed E-state index contributed by atoms with van der Waals surface area (Å²) in [6.45, 7) is 4.03. The molecule has 0 heterocycles. The van der Waals surface area contributed by atoms with E-state index < -0.39 is 10.0 Å². The first kappa shape index (κ1) is 17.9. The van der Waals surface area contributed by atoms with Crippen molar-refractivity contribution in [3.8, 4) is 5.75 Å². The summed E-state index contributed by atoms with van der Waals surface area (Å²) in [6, 6.07) is 4.93. The molecule has 0 fully saturated rings. The van der Waals surface area contributed by atoms with E-state index in [1.807, 2.05) is 33.0 Å². The maximum absolute atomic E-state index is 12.2. The maximum atomic E-state index is 12.2. The molecule has 0 aromatic heterocycles. The lowest BCUT2D eigenvalue weighted by molar-refractivity contribution is 0.335. The molecule has 0 saturated heterocycles. The van der Waals surface area contributed by atoms with Crippen molar-refractivity contribution in [3.63, 3.8) is 0 Å². The number of ether oxygens (including phenoxy) is 1. The van der Waals surface area contributed by atoms with E-state index in [0.717, 1.165) is 5.56 Å². The summed E-state index contributed by atoms with van der Waals surface area (Å²) in [5.74, 6) is 0.707. The molecule has 0 atom stereocenters. The Labute approximate surface area is 127 Å². The molecule has 21 heavy (non-hydrogen) atoms. The number of nitrogens with one attached hydrogen (secondary N) is 2. The van der Waals surface area contributed by atoms with E-state index in [1.54, 1.807) is 18.2 Å². The number of hydrogen-bond acceptors (Lipinski definition) is 5. The Bertz CT molecular complexity index is 544. The Morgan fingerprint density at radius 1 is 1.29 bits per heavy atom. The molecule has 2 N–H and O–H groups in total. The third-order valence-corrected chi connectivity index (χ3v) is 4.32. The van der Waals surface area contributed by atoms with Gasteiger partial charge in [-0.1, -0.05) is 0 Å². The lowest BCUT2D eigenvalue weighted by atomic mass is 10.2. The van der Waals surface area contributed by atoms with Crippen LogP contribution in [0.25, 0.3) is 0 Å². The van der Waals surface area contributed by atoms with Crippen LogP contribution in [0.4, 0.5) is 0 Å². The predicted octanol–water partition coefficient (Wildman–Crippen LogP) is 0.645. The fourth-order valence-electron chi connectivity index (χ4n) is 1.83. The molecule has 0 bridgehead atoms. The highest BCUT2D eigenvalue weighted by Gasteiger charge is 2.16. The Balaban J connectivity index is 2.93. The van der Waals surface area contributed by atoms with Gasteiger partial charge in [-0.3, -0.25) is 0 Å². The van der Waals surface area contributed by atoms with Gasteiger partial charge in [-0.25, -0.2) is 13.1 Å². The van der Waals surface area contributed by atoms with Crippen LogP contribution in [-0.2, 0) is 16.6 Å². The van der Waals surface area contributed by atoms with Crippen molar-refractivity contribution in [3.05, 3.63) is 23.8 Å². The Morgan fingerprint density at radius 3 is 2.57 bits per heavy atom. The number of sulfonamides is 1. The van der Waals surface area contributed by atoms with Crippen LogP contribution in [0.2, 0.25) is 0 Å². The molecule has 6 nitrogen and oxygen atoms in total. The van der Waals surface area contributed by atoms with Gasteiger partial charge in [0, 0.05) is 25.2 Å². The summed E-state index contributed by atoms with van der Waals surface area (Å²) in [6.07, 6.45) is 0. The molecule has 7 heteroatoms. The highest BCUT2D eigenvalue weighted by molar-refractivity contribution is 7.89. The Kier molecular flexibility index (Phi) is 7.10. The van der Waals surface area contributed by atoms with Gasteiger partial charge in [-0.05, 0) is 46.3 Å². The molecule has 1 aromatic carbocycles. The summed E-state index contributed by atoms with van der Waals surface area (Å²) >= 11 is 0. The van der Waals surface area contributed by atoms with Crippen molar-refractivity contribution in [1.29, 1.82) is 0 Å². The smallest absolute Gasteiger partial charge is 0.240 e. The standard InChI is InChI=1S/C14H25N3O3S/c1-5-20-14-7-6-13(10-12(14)11-15-2)21(18,19)16-8-9-17(3)4/h6-7,10,15-16H,5,8-9,11H2,1-4H3. The maximum Gasteiger partial charge on any atom is 0.240 e. The van der Waals surface area contributed by atoms with Crippen molar-refractivity contribution in [2.75, 3.05) is 40.8 Å². The topological polar surface area (TPSA) is 70.7 Å². The molecular weight excluding hydrogens is 290 g/mol. The number of nitrogens with zero attached hydrogens (tertiary/aromatic N) is 1. The zero-order valence-corrected chi connectivity index (χ0v) is 14.0. The fourth-order valence-corrected chi connectivity index (χ4v) is 2.91. The second kappa shape index (κ2) is 8.33. The fraction of sp³-hybridized carbons (Fsp3) is 0.571. The molecule has 120 valence electrons. The molecule has 0 unspecified atom stereocenters. The zero-order valence-electron chi connectivity index (χ0n) is 13.1.